The van der Waals surface area contributed by atoms with E-state index in [0.717, 1.165) is 0 Å². The Labute approximate surface area is 84.6 Å². The third-order valence-electron chi connectivity index (χ3n) is 2.56. The summed E-state index contributed by atoms with van der Waals surface area (Å²) in [7, 11) is 0. The maximum atomic E-state index is 12.1. The van der Waals surface area contributed by atoms with Crippen molar-refractivity contribution in [1.82, 2.24) is 10.2 Å². The minimum absolute atomic E-state index is 0.243. The molecular weight excluding hydrogens is 209 g/mol. The Hall–Kier alpha value is -1.20. The highest BCUT2D eigenvalue weighted by Crippen LogP contribution is 2.51. The number of aromatic nitrogens is 2. The highest BCUT2D eigenvalue weighted by molar-refractivity contribution is 5.04. The Morgan fingerprint density at radius 2 is 2.33 bits per heavy atom. The Morgan fingerprint density at radius 1 is 1.53 bits per heavy atom. The van der Waals surface area contributed by atoms with Gasteiger partial charge < -0.3 is 4.74 Å². The van der Waals surface area contributed by atoms with Gasteiger partial charge in [-0.25, -0.2) is 0 Å². The molecule has 15 heavy (non-hydrogen) atoms. The molecule has 1 saturated carbocycles. The fourth-order valence-electron chi connectivity index (χ4n) is 1.61. The third kappa shape index (κ3) is 2.64. The molecule has 1 aliphatic carbocycles. The summed E-state index contributed by atoms with van der Waals surface area (Å²) in [5, 5.41) is 6.29. The van der Waals surface area contributed by atoms with Crippen LogP contribution in [0.4, 0.5) is 13.2 Å². The Balaban J connectivity index is 1.65. The highest BCUT2D eigenvalue weighted by atomic mass is 19.4. The number of ether oxygens (including phenoxy) is 1. The van der Waals surface area contributed by atoms with Gasteiger partial charge in [0.25, 0.3) is 0 Å². The Kier molecular flexibility index (Phi) is 2.58. The highest BCUT2D eigenvalue weighted by Gasteiger charge is 2.55. The second-order valence-electron chi connectivity index (χ2n) is 3.69. The molecule has 0 spiro atoms. The number of halogens is 3. The smallest absolute Gasteiger partial charge is 0.392 e. The van der Waals surface area contributed by atoms with Crippen LogP contribution in [0.1, 0.15) is 12.8 Å². The zero-order valence-electron chi connectivity index (χ0n) is 7.92. The summed E-state index contributed by atoms with van der Waals surface area (Å²) in [6.45, 7) is 0.294. The lowest BCUT2D eigenvalue weighted by molar-refractivity contribution is -0.151. The van der Waals surface area contributed by atoms with Gasteiger partial charge in [-0.15, -0.1) is 5.10 Å². The molecule has 1 N–H and O–H groups in total. The molecule has 0 radical (unpaired) electrons. The second-order valence-corrected chi connectivity index (χ2v) is 3.69. The standard InChI is InChI=1S/C9H11F3N2O/c10-9(11,12)7-5-6(7)2-4-15-8-1-3-13-14-8/h1,3,6-7H,2,4-5H2,(H,13,14). The van der Waals surface area contributed by atoms with Crippen LogP contribution in [0.15, 0.2) is 12.3 Å². The minimum atomic E-state index is -4.03. The van der Waals surface area contributed by atoms with Crippen LogP contribution in [0.3, 0.4) is 0 Å². The van der Waals surface area contributed by atoms with Crippen LogP contribution in [0.2, 0.25) is 0 Å². The van der Waals surface area contributed by atoms with Gasteiger partial charge in [0.1, 0.15) is 0 Å². The summed E-state index contributed by atoms with van der Waals surface area (Å²) in [4.78, 5) is 0. The predicted molar refractivity (Wildman–Crippen MR) is 46.4 cm³/mol. The topological polar surface area (TPSA) is 37.9 Å². The van der Waals surface area contributed by atoms with Crippen molar-refractivity contribution >= 4 is 0 Å². The fraction of sp³-hybridized carbons (Fsp3) is 0.667. The van der Waals surface area contributed by atoms with Gasteiger partial charge in [0.15, 0.2) is 0 Å². The van der Waals surface area contributed by atoms with Gasteiger partial charge in [0, 0.05) is 12.3 Å². The van der Waals surface area contributed by atoms with Crippen molar-refractivity contribution in [1.29, 1.82) is 0 Å². The quantitative estimate of drug-likeness (QED) is 0.845. The number of hydrogen-bond acceptors (Lipinski definition) is 2. The second kappa shape index (κ2) is 3.75. The molecule has 0 aromatic carbocycles. The average Bonchev–Trinajstić information content (AvgIpc) is 2.73. The zero-order valence-corrected chi connectivity index (χ0v) is 7.92. The van der Waals surface area contributed by atoms with Crippen LogP contribution in [-0.2, 0) is 0 Å². The number of alkyl halides is 3. The number of nitrogens with zero attached hydrogens (tertiary/aromatic N) is 1. The van der Waals surface area contributed by atoms with Gasteiger partial charge in [-0.1, -0.05) is 0 Å². The number of rotatable bonds is 4. The Bertz CT molecular complexity index is 310. The van der Waals surface area contributed by atoms with Crippen LogP contribution < -0.4 is 4.74 Å². The summed E-state index contributed by atoms with van der Waals surface area (Å²) < 4.78 is 41.5. The largest absolute Gasteiger partial charge is 0.477 e. The lowest BCUT2D eigenvalue weighted by Crippen LogP contribution is -2.12. The van der Waals surface area contributed by atoms with Gasteiger partial charge in [0.05, 0.1) is 12.5 Å². The van der Waals surface area contributed by atoms with E-state index >= 15 is 0 Å². The molecule has 0 bridgehead atoms. The van der Waals surface area contributed by atoms with E-state index < -0.39 is 12.1 Å². The average molecular weight is 220 g/mol. The molecule has 1 aliphatic rings. The number of aromatic amines is 1. The molecule has 2 rings (SSSR count). The zero-order chi connectivity index (χ0) is 10.9. The van der Waals surface area contributed by atoms with Gasteiger partial charge in [-0.3, -0.25) is 5.10 Å². The maximum absolute atomic E-state index is 12.1. The first-order valence-corrected chi connectivity index (χ1v) is 4.76. The first kappa shape index (κ1) is 10.3. The molecule has 1 fully saturated rings. The SMILES string of the molecule is FC(F)(F)C1CC1CCOc1cc[nH]n1. The van der Waals surface area contributed by atoms with Crippen LogP contribution >= 0.6 is 0 Å². The van der Waals surface area contributed by atoms with Gasteiger partial charge >= 0.3 is 6.18 Å². The van der Waals surface area contributed by atoms with Crippen LogP contribution in [-0.4, -0.2) is 23.0 Å². The van der Waals surface area contributed by atoms with Crippen molar-refractivity contribution in [3.8, 4) is 5.88 Å². The van der Waals surface area contributed by atoms with Crippen LogP contribution in [0.5, 0.6) is 5.88 Å². The molecule has 0 amide bonds. The molecule has 2 unspecified atom stereocenters. The van der Waals surface area contributed by atoms with E-state index in [0.29, 0.717) is 18.9 Å². The summed E-state index contributed by atoms with van der Waals surface area (Å²) >= 11 is 0. The number of nitrogens with one attached hydrogen (secondary N) is 1. The summed E-state index contributed by atoms with van der Waals surface area (Å²) in [5.41, 5.74) is 0. The molecular formula is C9H11F3N2O. The normalized spacial score (nSPS) is 25.3. The Morgan fingerprint density at radius 3 is 2.87 bits per heavy atom. The third-order valence-corrected chi connectivity index (χ3v) is 2.56. The van der Waals surface area contributed by atoms with Gasteiger partial charge in [-0.05, 0) is 18.8 Å². The summed E-state index contributed by atoms with van der Waals surface area (Å²) in [6.07, 6.45) is -1.74. The molecule has 3 nitrogen and oxygen atoms in total. The summed E-state index contributed by atoms with van der Waals surface area (Å²) in [6, 6.07) is 1.63. The molecule has 1 aromatic heterocycles. The predicted octanol–water partition coefficient (Wildman–Crippen LogP) is 2.38. The van der Waals surface area contributed by atoms with E-state index in [9.17, 15) is 13.2 Å². The molecule has 0 aliphatic heterocycles. The van der Waals surface area contributed by atoms with E-state index in [1.165, 1.54) is 0 Å². The van der Waals surface area contributed by atoms with E-state index in [1.54, 1.807) is 12.3 Å². The molecule has 2 atom stereocenters. The minimum Gasteiger partial charge on any atom is -0.477 e. The van der Waals surface area contributed by atoms with Crippen LogP contribution in [0.25, 0.3) is 0 Å². The van der Waals surface area contributed by atoms with Crippen molar-refractivity contribution in [2.24, 2.45) is 11.8 Å². The monoisotopic (exact) mass is 220 g/mol. The fourth-order valence-corrected chi connectivity index (χ4v) is 1.61. The lowest BCUT2D eigenvalue weighted by atomic mass is 10.2. The van der Waals surface area contributed by atoms with Crippen molar-refractivity contribution < 1.29 is 17.9 Å². The number of H-pyrrole nitrogens is 1. The molecule has 1 heterocycles. The van der Waals surface area contributed by atoms with Crippen molar-refractivity contribution in [2.75, 3.05) is 6.61 Å². The van der Waals surface area contributed by atoms with E-state index in [-0.39, 0.29) is 12.3 Å². The molecule has 0 saturated heterocycles. The molecule has 6 heteroatoms. The first-order valence-electron chi connectivity index (χ1n) is 4.76. The van der Waals surface area contributed by atoms with E-state index in [2.05, 4.69) is 10.2 Å². The summed E-state index contributed by atoms with van der Waals surface area (Å²) in [5.74, 6) is -0.941. The van der Waals surface area contributed by atoms with Gasteiger partial charge in [0.2, 0.25) is 5.88 Å². The van der Waals surface area contributed by atoms with Crippen molar-refractivity contribution in [3.05, 3.63) is 12.3 Å². The lowest BCUT2D eigenvalue weighted by Gasteiger charge is -2.05. The van der Waals surface area contributed by atoms with E-state index in [4.69, 9.17) is 4.74 Å². The van der Waals surface area contributed by atoms with Crippen molar-refractivity contribution in [2.45, 2.75) is 19.0 Å². The molecule has 1 aromatic rings. The van der Waals surface area contributed by atoms with Crippen molar-refractivity contribution in [3.63, 3.8) is 0 Å². The maximum Gasteiger partial charge on any atom is 0.392 e. The number of hydrogen-bond donors (Lipinski definition) is 1. The van der Waals surface area contributed by atoms with Crippen LogP contribution in [0, 0.1) is 11.8 Å². The molecule has 84 valence electrons. The first-order chi connectivity index (χ1) is 7.07. The van der Waals surface area contributed by atoms with Gasteiger partial charge in [-0.2, -0.15) is 13.2 Å². The van der Waals surface area contributed by atoms with E-state index in [1.807, 2.05) is 0 Å².